The third-order valence-electron chi connectivity index (χ3n) is 6.25. The molecule has 41 heavy (non-hydrogen) atoms. The number of hydrogen-bond acceptors (Lipinski definition) is 6. The highest BCUT2D eigenvalue weighted by Crippen LogP contribution is 2.30. The Morgan fingerprint density at radius 1 is 0.854 bits per heavy atom. The first kappa shape index (κ1) is 28.0. The molecule has 0 radical (unpaired) electrons. The predicted molar refractivity (Wildman–Crippen MR) is 160 cm³/mol. The van der Waals surface area contributed by atoms with E-state index < -0.39 is 0 Å². The van der Waals surface area contributed by atoms with Gasteiger partial charge in [0.1, 0.15) is 11.5 Å². The molecule has 0 aliphatic carbocycles. The number of aromatic nitrogens is 3. The molecule has 0 fully saturated rings. The van der Waals surface area contributed by atoms with Gasteiger partial charge in [0.05, 0.1) is 36.6 Å². The summed E-state index contributed by atoms with van der Waals surface area (Å²) in [6, 6.07) is 27.4. The predicted octanol–water partition coefficient (Wildman–Crippen LogP) is 7.13. The van der Waals surface area contributed by atoms with Crippen molar-refractivity contribution in [2.75, 3.05) is 26.1 Å². The van der Waals surface area contributed by atoms with Crippen LogP contribution in [-0.2, 0) is 6.42 Å². The highest BCUT2D eigenvalue weighted by atomic mass is 35.5. The highest BCUT2D eigenvalue weighted by Gasteiger charge is 2.17. The summed E-state index contributed by atoms with van der Waals surface area (Å²) in [6.45, 7) is 0.370. The van der Waals surface area contributed by atoms with Crippen LogP contribution in [0.4, 0.5) is 5.69 Å². The molecule has 5 rings (SSSR count). The summed E-state index contributed by atoms with van der Waals surface area (Å²) in [7, 11) is 3.21. The van der Waals surface area contributed by atoms with Crippen molar-refractivity contribution in [2.45, 2.75) is 6.42 Å². The van der Waals surface area contributed by atoms with Crippen molar-refractivity contribution in [2.24, 2.45) is 0 Å². The number of halogens is 2. The number of ether oxygens (including phenoxy) is 3. The van der Waals surface area contributed by atoms with Crippen molar-refractivity contribution in [3.63, 3.8) is 0 Å². The lowest BCUT2D eigenvalue weighted by Gasteiger charge is -2.10. The van der Waals surface area contributed by atoms with Crippen LogP contribution >= 0.6 is 23.2 Å². The Morgan fingerprint density at radius 3 is 2.24 bits per heavy atom. The summed E-state index contributed by atoms with van der Waals surface area (Å²) in [6.07, 6.45) is 0.660. The second-order valence-electron chi connectivity index (χ2n) is 8.94. The van der Waals surface area contributed by atoms with Crippen LogP contribution in [0.2, 0.25) is 10.0 Å². The monoisotopic (exact) mass is 588 g/mol. The number of rotatable bonds is 10. The first-order valence-electron chi connectivity index (χ1n) is 12.7. The van der Waals surface area contributed by atoms with Crippen molar-refractivity contribution in [3.05, 3.63) is 112 Å². The van der Waals surface area contributed by atoms with Crippen LogP contribution in [0.1, 0.15) is 15.9 Å². The van der Waals surface area contributed by atoms with Gasteiger partial charge in [-0.3, -0.25) is 4.79 Å². The third-order valence-corrected chi connectivity index (χ3v) is 6.99. The fourth-order valence-electron chi connectivity index (χ4n) is 4.07. The molecule has 4 aromatic carbocycles. The largest absolute Gasteiger partial charge is 0.497 e. The maximum Gasteiger partial charge on any atom is 0.336 e. The molecule has 0 saturated heterocycles. The van der Waals surface area contributed by atoms with Gasteiger partial charge in [-0.2, -0.15) is 4.98 Å². The van der Waals surface area contributed by atoms with E-state index in [1.54, 1.807) is 67.4 Å². The summed E-state index contributed by atoms with van der Waals surface area (Å²) in [4.78, 5) is 17.5. The van der Waals surface area contributed by atoms with Gasteiger partial charge in [0.15, 0.2) is 5.82 Å². The average molecular weight is 589 g/mol. The maximum absolute atomic E-state index is 12.9. The molecule has 5 aromatic rings. The lowest BCUT2D eigenvalue weighted by Crippen LogP contribution is -2.12. The molecule has 10 heteroatoms. The summed E-state index contributed by atoms with van der Waals surface area (Å²) < 4.78 is 18.0. The number of nitrogens with one attached hydrogen (secondary N) is 1. The van der Waals surface area contributed by atoms with Gasteiger partial charge >= 0.3 is 6.01 Å². The third kappa shape index (κ3) is 6.80. The zero-order valence-corrected chi connectivity index (χ0v) is 23.8. The van der Waals surface area contributed by atoms with Gasteiger partial charge in [-0.15, -0.1) is 5.10 Å². The molecule has 1 heterocycles. The van der Waals surface area contributed by atoms with Gasteiger partial charge in [-0.05, 0) is 78.4 Å². The number of benzene rings is 4. The summed E-state index contributed by atoms with van der Waals surface area (Å²) >= 11 is 12.5. The van der Waals surface area contributed by atoms with Crippen LogP contribution < -0.4 is 19.5 Å². The van der Waals surface area contributed by atoms with Gasteiger partial charge in [-0.1, -0.05) is 41.4 Å². The Labute approximate surface area is 247 Å². The molecule has 1 N–H and O–H groups in total. The van der Waals surface area contributed by atoms with E-state index in [-0.39, 0.29) is 11.9 Å². The van der Waals surface area contributed by atoms with Gasteiger partial charge in [0, 0.05) is 23.2 Å². The summed E-state index contributed by atoms with van der Waals surface area (Å²) in [5.41, 5.74) is 3.54. The molecule has 8 nitrogen and oxygen atoms in total. The van der Waals surface area contributed by atoms with Crippen LogP contribution in [0, 0.1) is 0 Å². The quantitative estimate of drug-likeness (QED) is 0.187. The van der Waals surface area contributed by atoms with E-state index in [1.165, 1.54) is 0 Å². The molecule has 0 spiro atoms. The van der Waals surface area contributed by atoms with Gasteiger partial charge in [0.2, 0.25) is 0 Å². The first-order chi connectivity index (χ1) is 19.9. The Morgan fingerprint density at radius 2 is 1.56 bits per heavy atom. The van der Waals surface area contributed by atoms with E-state index in [0.717, 1.165) is 11.3 Å². The highest BCUT2D eigenvalue weighted by molar-refractivity contribution is 6.42. The minimum absolute atomic E-state index is 0.201. The zero-order chi connectivity index (χ0) is 28.8. The number of amides is 1. The van der Waals surface area contributed by atoms with Crippen LogP contribution in [0.5, 0.6) is 17.5 Å². The topological polar surface area (TPSA) is 87.5 Å². The summed E-state index contributed by atoms with van der Waals surface area (Å²) in [5.74, 6) is 1.72. The molecule has 0 aliphatic rings. The molecule has 0 aliphatic heterocycles. The maximum atomic E-state index is 12.9. The van der Waals surface area contributed by atoms with Crippen molar-refractivity contribution < 1.29 is 19.0 Å². The number of hydrogen-bond donors (Lipinski definition) is 1. The molecule has 0 saturated carbocycles. The lowest BCUT2D eigenvalue weighted by molar-refractivity contribution is 0.102. The average Bonchev–Trinajstić information content (AvgIpc) is 3.43. The number of carbonyl (C=O) groups excluding carboxylic acids is 1. The molecular weight excluding hydrogens is 563 g/mol. The standard InChI is InChI=1S/C31H26Cl2N4O4/c1-39-25-11-6-20(7-12-25)16-17-41-31-35-29(22-10-15-27(32)28(33)18-22)37(36-31)24-5-3-4-23(19-24)34-30(38)21-8-13-26(40-2)14-9-21/h3-15,18-19H,16-17H2,1-2H3,(H,34,38). The Hall–Kier alpha value is -4.53. The van der Waals surface area contributed by atoms with Gasteiger partial charge < -0.3 is 19.5 Å². The number of anilines is 1. The van der Waals surface area contributed by atoms with Crippen LogP contribution in [-0.4, -0.2) is 41.5 Å². The molecule has 1 amide bonds. The fraction of sp³-hybridized carbons (Fsp3) is 0.129. The Balaban J connectivity index is 1.40. The van der Waals surface area contributed by atoms with E-state index in [1.807, 2.05) is 42.5 Å². The van der Waals surface area contributed by atoms with E-state index in [2.05, 4.69) is 15.4 Å². The number of methoxy groups -OCH3 is 2. The lowest BCUT2D eigenvalue weighted by atomic mass is 10.1. The van der Waals surface area contributed by atoms with Crippen molar-refractivity contribution in [3.8, 4) is 34.6 Å². The minimum Gasteiger partial charge on any atom is -0.497 e. The van der Waals surface area contributed by atoms with Gasteiger partial charge in [-0.25, -0.2) is 4.68 Å². The zero-order valence-electron chi connectivity index (χ0n) is 22.3. The van der Waals surface area contributed by atoms with Crippen molar-refractivity contribution in [1.29, 1.82) is 0 Å². The van der Waals surface area contributed by atoms with Gasteiger partial charge in [0.25, 0.3) is 5.91 Å². The smallest absolute Gasteiger partial charge is 0.336 e. The van der Waals surface area contributed by atoms with Crippen LogP contribution in [0.15, 0.2) is 91.0 Å². The molecule has 1 aromatic heterocycles. The second-order valence-corrected chi connectivity index (χ2v) is 9.75. The number of nitrogens with zero attached hydrogens (tertiary/aromatic N) is 3. The first-order valence-corrected chi connectivity index (χ1v) is 13.4. The fourth-order valence-corrected chi connectivity index (χ4v) is 4.37. The molecule has 0 unspecified atom stereocenters. The normalized spacial score (nSPS) is 10.7. The van der Waals surface area contributed by atoms with E-state index in [0.29, 0.717) is 57.1 Å². The minimum atomic E-state index is -0.254. The SMILES string of the molecule is COc1ccc(CCOc2nc(-c3ccc(Cl)c(Cl)c3)n(-c3cccc(NC(=O)c4ccc(OC)cc4)c3)n2)cc1. The van der Waals surface area contributed by atoms with Crippen molar-refractivity contribution in [1.82, 2.24) is 14.8 Å². The van der Waals surface area contributed by atoms with Crippen molar-refractivity contribution >= 4 is 34.8 Å². The number of carbonyl (C=O) groups is 1. The van der Waals surface area contributed by atoms with E-state index in [4.69, 9.17) is 37.4 Å². The molecule has 208 valence electrons. The summed E-state index contributed by atoms with van der Waals surface area (Å²) in [5, 5.41) is 8.38. The van der Waals surface area contributed by atoms with E-state index >= 15 is 0 Å². The Kier molecular flexibility index (Phi) is 8.72. The van der Waals surface area contributed by atoms with E-state index in [9.17, 15) is 4.79 Å². The van der Waals surface area contributed by atoms with Crippen LogP contribution in [0.3, 0.4) is 0 Å². The molecule has 0 atom stereocenters. The molecular formula is C31H26Cl2N4O4. The Bertz CT molecular complexity index is 1650. The molecule has 0 bridgehead atoms. The van der Waals surface area contributed by atoms with Crippen LogP contribution in [0.25, 0.3) is 17.1 Å². The second kappa shape index (κ2) is 12.8.